The minimum Gasteiger partial charge on any atom is -0.309 e. The summed E-state index contributed by atoms with van der Waals surface area (Å²) in [7, 11) is 0. The lowest BCUT2D eigenvalue weighted by Gasteiger charge is -2.17. The fourth-order valence-electron chi connectivity index (χ4n) is 10.9. The van der Waals surface area contributed by atoms with Crippen molar-refractivity contribution in [2.24, 2.45) is 0 Å². The van der Waals surface area contributed by atoms with E-state index in [-0.39, 0.29) is 50.9 Å². The molecule has 414 valence electrons. The summed E-state index contributed by atoms with van der Waals surface area (Å²) in [6.07, 6.45) is -20.8. The number of fused-ring (bicyclic) bond motifs is 6. The Morgan fingerprint density at radius 1 is 0.250 bits per heavy atom. The van der Waals surface area contributed by atoms with Gasteiger partial charge in [0, 0.05) is 43.9 Å². The van der Waals surface area contributed by atoms with E-state index in [0.29, 0.717) is 63.9 Å². The molecule has 17 heteroatoms. The second-order valence-corrected chi connectivity index (χ2v) is 20.1. The molecule has 0 bridgehead atoms. The van der Waals surface area contributed by atoms with Gasteiger partial charge in [-0.3, -0.25) is 0 Å². The van der Waals surface area contributed by atoms with Crippen LogP contribution in [0.3, 0.4) is 0 Å². The Kier molecular flexibility index (Phi) is 12.6. The molecule has 10 aromatic carbocycles. The van der Waals surface area contributed by atoms with Crippen molar-refractivity contribution >= 4 is 43.6 Å². The zero-order valence-electron chi connectivity index (χ0n) is 43.1. The Balaban J connectivity index is 1.11. The molecule has 0 saturated carbocycles. The fraction of sp³-hybridized carbons (Fsp3) is 0.0597. The van der Waals surface area contributed by atoms with Crippen LogP contribution in [0.1, 0.15) is 22.3 Å². The quantitative estimate of drug-likeness (QED) is 0.142. The molecule has 13 aromatic rings. The topological polar surface area (TPSA) is 48.5 Å². The van der Waals surface area contributed by atoms with Crippen molar-refractivity contribution in [2.45, 2.75) is 24.7 Å². The van der Waals surface area contributed by atoms with E-state index in [1.165, 1.54) is 36.4 Å². The number of rotatable bonds is 8. The molecule has 0 atom stereocenters. The summed E-state index contributed by atoms with van der Waals surface area (Å²) in [4.78, 5) is 15.1. The molecule has 84 heavy (non-hydrogen) atoms. The lowest BCUT2D eigenvalue weighted by atomic mass is 9.96. The highest BCUT2D eigenvalue weighted by Crippen LogP contribution is 2.46. The van der Waals surface area contributed by atoms with E-state index in [1.54, 1.807) is 10.6 Å². The predicted molar refractivity (Wildman–Crippen MR) is 301 cm³/mol. The van der Waals surface area contributed by atoms with Crippen molar-refractivity contribution in [3.05, 3.63) is 247 Å². The van der Waals surface area contributed by atoms with Crippen LogP contribution in [0.5, 0.6) is 0 Å². The Labute approximate surface area is 469 Å². The zero-order chi connectivity index (χ0) is 58.5. The van der Waals surface area contributed by atoms with Gasteiger partial charge in [-0.15, -0.1) is 0 Å². The molecular formula is C67H37F12N5. The predicted octanol–water partition coefficient (Wildman–Crippen LogP) is 20.1. The third kappa shape index (κ3) is 9.73. The number of para-hydroxylation sites is 2. The number of aromatic nitrogens is 5. The molecule has 0 amide bonds. The van der Waals surface area contributed by atoms with Crippen molar-refractivity contribution in [1.82, 2.24) is 24.1 Å². The molecule has 0 fully saturated rings. The van der Waals surface area contributed by atoms with Crippen LogP contribution in [0.2, 0.25) is 0 Å². The molecule has 3 heterocycles. The number of alkyl halides is 12. The molecule has 0 unspecified atom stereocenters. The first-order chi connectivity index (χ1) is 40.1. The summed E-state index contributed by atoms with van der Waals surface area (Å²) in [5.41, 5.74) is -0.604. The fourth-order valence-corrected chi connectivity index (χ4v) is 10.9. The van der Waals surface area contributed by atoms with Crippen molar-refractivity contribution < 1.29 is 52.7 Å². The van der Waals surface area contributed by atoms with E-state index < -0.39 is 58.1 Å². The Morgan fingerprint density at radius 2 is 0.631 bits per heavy atom. The van der Waals surface area contributed by atoms with Crippen LogP contribution in [0, 0.1) is 0 Å². The first-order valence-electron chi connectivity index (χ1n) is 25.9. The number of nitrogens with zero attached hydrogens (tertiary/aromatic N) is 5. The summed E-state index contributed by atoms with van der Waals surface area (Å²) in [5.74, 6) is 0.744. The number of hydrogen-bond acceptors (Lipinski definition) is 3. The third-order valence-electron chi connectivity index (χ3n) is 14.8. The second kappa shape index (κ2) is 19.9. The zero-order valence-corrected chi connectivity index (χ0v) is 43.1. The van der Waals surface area contributed by atoms with E-state index in [9.17, 15) is 52.7 Å². The summed E-state index contributed by atoms with van der Waals surface area (Å²) < 4.78 is 176. The van der Waals surface area contributed by atoms with E-state index in [4.69, 9.17) is 15.0 Å². The highest BCUT2D eigenvalue weighted by Gasteiger charge is 2.39. The average molecular weight is 1140 g/mol. The van der Waals surface area contributed by atoms with Crippen molar-refractivity contribution in [3.8, 4) is 78.9 Å². The van der Waals surface area contributed by atoms with E-state index >= 15 is 0 Å². The minimum atomic E-state index is -5.20. The summed E-state index contributed by atoms with van der Waals surface area (Å²) >= 11 is 0. The second-order valence-electron chi connectivity index (χ2n) is 20.1. The number of benzene rings is 10. The van der Waals surface area contributed by atoms with Gasteiger partial charge in [0.2, 0.25) is 0 Å². The number of hydrogen-bond donors (Lipinski definition) is 0. The SMILES string of the molecule is FC(F)(F)c1cc(-c2ccc3c(c2)c2cc(-c4cc(C(F)(F)F)cc(C(F)(F)F)c4)ccc2n3-c2ccc(-c3ccc4c5ccccc5n(-c5ccccc5)c4c3)cc2-c2nc(-c3ccccc3)nc(-c3ccccc3)n2)cc(C(F)(F)F)c1. The molecule has 0 aliphatic heterocycles. The summed E-state index contributed by atoms with van der Waals surface area (Å²) in [5, 5.41) is 2.33. The normalized spacial score (nSPS) is 12.5. The van der Waals surface area contributed by atoms with Gasteiger partial charge in [0.05, 0.1) is 50.0 Å². The molecule has 0 aliphatic carbocycles. The maximum atomic E-state index is 14.3. The van der Waals surface area contributed by atoms with E-state index in [1.807, 2.05) is 133 Å². The monoisotopic (exact) mass is 1140 g/mol. The van der Waals surface area contributed by atoms with Gasteiger partial charge in [-0.25, -0.2) is 15.0 Å². The standard InChI is InChI=1S/C67H37F12N5/c68-64(69,70)46-28-44(29-47(36-46)65(71,72)73)41-22-25-57-53(32-41)54-33-42(45-30-48(66(74,75)76)37-49(31-45)67(77,78)79)23-26-58(54)84(57)59-27-21-40(43-20-24-52-51-18-10-11-19-56(51)83(60(52)35-43)50-16-8-3-9-17-50)34-55(59)63-81-61(38-12-4-1-5-13-38)80-62(82-63)39-14-6-2-7-15-39/h1-37H. The van der Waals surface area contributed by atoms with Crippen LogP contribution in [0.4, 0.5) is 52.7 Å². The molecule has 3 aromatic heterocycles. The minimum absolute atomic E-state index is 0.00422. The smallest absolute Gasteiger partial charge is 0.309 e. The van der Waals surface area contributed by atoms with Gasteiger partial charge < -0.3 is 9.13 Å². The summed E-state index contributed by atoms with van der Waals surface area (Å²) in [6, 6.07) is 58.5. The van der Waals surface area contributed by atoms with Crippen LogP contribution in [-0.4, -0.2) is 24.1 Å². The lowest BCUT2D eigenvalue weighted by Crippen LogP contribution is -2.11. The lowest BCUT2D eigenvalue weighted by molar-refractivity contribution is -0.144. The average Bonchev–Trinajstić information content (AvgIpc) is 2.80. The van der Waals surface area contributed by atoms with Crippen molar-refractivity contribution in [2.75, 3.05) is 0 Å². The molecule has 0 aliphatic rings. The Bertz CT molecular complexity index is 4460. The maximum Gasteiger partial charge on any atom is 0.416 e. The summed E-state index contributed by atoms with van der Waals surface area (Å²) in [6.45, 7) is 0. The van der Waals surface area contributed by atoms with Crippen LogP contribution >= 0.6 is 0 Å². The molecule has 0 radical (unpaired) electrons. The van der Waals surface area contributed by atoms with E-state index in [0.717, 1.165) is 33.1 Å². The van der Waals surface area contributed by atoms with Gasteiger partial charge in [-0.2, -0.15) is 52.7 Å². The number of halogens is 12. The molecule has 5 nitrogen and oxygen atoms in total. The molecule has 0 spiro atoms. The van der Waals surface area contributed by atoms with Crippen molar-refractivity contribution in [3.63, 3.8) is 0 Å². The van der Waals surface area contributed by atoms with Gasteiger partial charge in [0.25, 0.3) is 0 Å². The molecule has 0 saturated heterocycles. The van der Waals surface area contributed by atoms with Gasteiger partial charge in [-0.1, -0.05) is 127 Å². The van der Waals surface area contributed by atoms with E-state index in [2.05, 4.69) is 16.7 Å². The first kappa shape index (κ1) is 53.3. The Hall–Kier alpha value is -10.0. The van der Waals surface area contributed by atoms with Crippen LogP contribution in [0.15, 0.2) is 224 Å². The van der Waals surface area contributed by atoms with Gasteiger partial charge in [-0.05, 0) is 130 Å². The highest BCUT2D eigenvalue weighted by molar-refractivity contribution is 6.13. The maximum absolute atomic E-state index is 14.3. The van der Waals surface area contributed by atoms with Crippen LogP contribution in [-0.2, 0) is 24.7 Å². The molecule has 13 rings (SSSR count). The highest BCUT2D eigenvalue weighted by atomic mass is 19.4. The van der Waals surface area contributed by atoms with Gasteiger partial charge in [0.1, 0.15) is 0 Å². The van der Waals surface area contributed by atoms with Gasteiger partial charge >= 0.3 is 24.7 Å². The van der Waals surface area contributed by atoms with Crippen LogP contribution < -0.4 is 0 Å². The Morgan fingerprint density at radius 3 is 1.12 bits per heavy atom. The first-order valence-corrected chi connectivity index (χ1v) is 25.9. The largest absolute Gasteiger partial charge is 0.416 e. The van der Waals surface area contributed by atoms with Crippen molar-refractivity contribution in [1.29, 1.82) is 0 Å². The third-order valence-corrected chi connectivity index (χ3v) is 14.8. The van der Waals surface area contributed by atoms with Crippen LogP contribution in [0.25, 0.3) is 123 Å². The molecular weight excluding hydrogens is 1100 g/mol. The van der Waals surface area contributed by atoms with Gasteiger partial charge in [0.15, 0.2) is 17.5 Å². The molecule has 0 N–H and O–H groups in total.